The molecule has 132 valence electrons. The molecule has 1 atom stereocenters. The molecule has 0 bridgehead atoms. The number of hydrogen-bond acceptors (Lipinski definition) is 7. The zero-order chi connectivity index (χ0) is 17.8. The highest BCUT2D eigenvalue weighted by Gasteiger charge is 2.34. The van der Waals surface area contributed by atoms with Crippen LogP contribution in [0.4, 0.5) is 0 Å². The largest absolute Gasteiger partial charge is 0.337 e. The first kappa shape index (κ1) is 17.0. The summed E-state index contributed by atoms with van der Waals surface area (Å²) in [5, 5.41) is 3.82. The predicted octanol–water partition coefficient (Wildman–Crippen LogP) is 0.994. The van der Waals surface area contributed by atoms with Gasteiger partial charge >= 0.3 is 0 Å². The van der Waals surface area contributed by atoms with E-state index in [1.54, 1.807) is 16.7 Å². The van der Waals surface area contributed by atoms with E-state index in [4.69, 9.17) is 4.52 Å². The second kappa shape index (κ2) is 7.37. The Hall–Kier alpha value is -2.84. The molecule has 0 N–H and O–H groups in total. The van der Waals surface area contributed by atoms with Gasteiger partial charge in [-0.1, -0.05) is 12.1 Å². The maximum atomic E-state index is 12.7. The number of aromatic nitrogens is 4. The highest BCUT2D eigenvalue weighted by molar-refractivity contribution is 5.92. The second-order valence-corrected chi connectivity index (χ2v) is 5.83. The number of carbonyl (C=O) groups excluding carboxylic acids is 2. The highest BCUT2D eigenvalue weighted by atomic mass is 16.5. The first-order chi connectivity index (χ1) is 12.1. The smallest absolute Gasteiger partial charge is 0.274 e. The Morgan fingerprint density at radius 1 is 1.32 bits per heavy atom. The van der Waals surface area contributed by atoms with E-state index in [2.05, 4.69) is 20.1 Å². The first-order valence-corrected chi connectivity index (χ1v) is 8.25. The molecule has 2 amide bonds. The average Bonchev–Trinajstić information content (AvgIpc) is 2.95. The summed E-state index contributed by atoms with van der Waals surface area (Å²) in [7, 11) is 0. The minimum absolute atomic E-state index is 0.00495. The van der Waals surface area contributed by atoms with Crippen LogP contribution >= 0.6 is 0 Å². The highest BCUT2D eigenvalue weighted by Crippen LogP contribution is 2.25. The zero-order valence-corrected chi connectivity index (χ0v) is 14.3. The van der Waals surface area contributed by atoms with Crippen molar-refractivity contribution in [3.8, 4) is 0 Å². The molecule has 0 aliphatic carbocycles. The molecule has 2 aromatic heterocycles. The molecule has 1 unspecified atom stereocenters. The van der Waals surface area contributed by atoms with Crippen molar-refractivity contribution < 1.29 is 14.1 Å². The van der Waals surface area contributed by atoms with Gasteiger partial charge in [0.1, 0.15) is 11.7 Å². The van der Waals surface area contributed by atoms with Crippen LogP contribution in [-0.2, 0) is 4.79 Å². The van der Waals surface area contributed by atoms with Gasteiger partial charge in [-0.25, -0.2) is 4.98 Å². The summed E-state index contributed by atoms with van der Waals surface area (Å²) >= 11 is 0. The first-order valence-electron chi connectivity index (χ1n) is 8.25. The number of amides is 2. The maximum Gasteiger partial charge on any atom is 0.274 e. The van der Waals surface area contributed by atoms with Gasteiger partial charge in [-0.3, -0.25) is 14.6 Å². The molecular formula is C16H20N6O3. The summed E-state index contributed by atoms with van der Waals surface area (Å²) in [6, 6.07) is -0.461. The lowest BCUT2D eigenvalue weighted by molar-refractivity contribution is -0.133. The lowest BCUT2D eigenvalue weighted by Gasteiger charge is -2.29. The predicted molar refractivity (Wildman–Crippen MR) is 86.3 cm³/mol. The molecular weight excluding hydrogens is 324 g/mol. The van der Waals surface area contributed by atoms with Crippen LogP contribution in [0.5, 0.6) is 0 Å². The van der Waals surface area contributed by atoms with Gasteiger partial charge in [-0.2, -0.15) is 4.98 Å². The molecule has 0 aromatic carbocycles. The third-order valence-corrected chi connectivity index (χ3v) is 4.12. The fourth-order valence-corrected chi connectivity index (χ4v) is 2.90. The summed E-state index contributed by atoms with van der Waals surface area (Å²) in [6.07, 6.45) is 5.48. The number of hydrogen-bond donors (Lipinski definition) is 0. The van der Waals surface area contributed by atoms with Gasteiger partial charge < -0.3 is 14.3 Å². The minimum atomic E-state index is -0.461. The van der Waals surface area contributed by atoms with Crippen LogP contribution in [0, 0.1) is 6.92 Å². The Bertz CT molecular complexity index is 747. The maximum absolute atomic E-state index is 12.7. The number of aryl methyl sites for hydroxylation is 1. The summed E-state index contributed by atoms with van der Waals surface area (Å²) in [5.74, 6) is 0.614. The van der Waals surface area contributed by atoms with Crippen molar-refractivity contribution in [1.82, 2.24) is 29.9 Å². The van der Waals surface area contributed by atoms with Crippen LogP contribution in [-0.4, -0.2) is 61.4 Å². The van der Waals surface area contributed by atoms with Gasteiger partial charge in [0, 0.05) is 31.9 Å². The molecule has 9 nitrogen and oxygen atoms in total. The zero-order valence-electron chi connectivity index (χ0n) is 14.3. The van der Waals surface area contributed by atoms with Gasteiger partial charge in [0.2, 0.25) is 5.91 Å². The van der Waals surface area contributed by atoms with E-state index in [-0.39, 0.29) is 24.1 Å². The van der Waals surface area contributed by atoms with Crippen LogP contribution in [0.2, 0.25) is 0 Å². The van der Waals surface area contributed by atoms with E-state index in [0.717, 1.165) is 0 Å². The minimum Gasteiger partial charge on any atom is -0.337 e. The van der Waals surface area contributed by atoms with E-state index in [9.17, 15) is 9.59 Å². The summed E-state index contributed by atoms with van der Waals surface area (Å²) in [5.41, 5.74) is 0.276. The van der Waals surface area contributed by atoms with E-state index < -0.39 is 6.04 Å². The van der Waals surface area contributed by atoms with E-state index in [0.29, 0.717) is 37.6 Å². The Morgan fingerprint density at radius 3 is 2.80 bits per heavy atom. The molecule has 9 heteroatoms. The summed E-state index contributed by atoms with van der Waals surface area (Å²) < 4.78 is 5.30. The number of nitrogens with zero attached hydrogens (tertiary/aromatic N) is 6. The molecule has 0 spiro atoms. The fraction of sp³-hybridized carbons (Fsp3) is 0.500. The Labute approximate surface area is 145 Å². The van der Waals surface area contributed by atoms with E-state index in [1.165, 1.54) is 18.6 Å². The third-order valence-electron chi connectivity index (χ3n) is 4.12. The lowest BCUT2D eigenvalue weighted by atomic mass is 10.2. The van der Waals surface area contributed by atoms with Crippen LogP contribution in [0.15, 0.2) is 23.1 Å². The molecule has 0 radical (unpaired) electrons. The topological polar surface area (TPSA) is 105 Å². The van der Waals surface area contributed by atoms with Crippen LogP contribution < -0.4 is 0 Å². The van der Waals surface area contributed by atoms with E-state index in [1.807, 2.05) is 6.92 Å². The standard InChI is InChI=1S/C16H20N6O3/c1-3-14(23)22-8-4-7-21(16(24)12-9-17-5-6-18-12)10-13(22)15-19-11(2)20-25-15/h5-6,9,13H,3-4,7-8,10H2,1-2H3. The molecule has 1 aliphatic heterocycles. The monoisotopic (exact) mass is 344 g/mol. The fourth-order valence-electron chi connectivity index (χ4n) is 2.90. The lowest BCUT2D eigenvalue weighted by Crippen LogP contribution is -2.40. The molecule has 1 aliphatic rings. The van der Waals surface area contributed by atoms with Gasteiger partial charge in [-0.05, 0) is 13.3 Å². The van der Waals surface area contributed by atoms with Gasteiger partial charge in [0.15, 0.2) is 5.82 Å². The van der Waals surface area contributed by atoms with E-state index >= 15 is 0 Å². The average molecular weight is 344 g/mol. The summed E-state index contributed by atoms with van der Waals surface area (Å²) in [4.78, 5) is 40.8. The van der Waals surface area contributed by atoms with Crippen molar-refractivity contribution in [2.45, 2.75) is 32.7 Å². The SMILES string of the molecule is CCC(=O)N1CCCN(C(=O)c2cnccn2)CC1c1nc(C)no1. The van der Waals surface area contributed by atoms with Crippen molar-refractivity contribution in [1.29, 1.82) is 0 Å². The third kappa shape index (κ3) is 3.65. The van der Waals surface area contributed by atoms with Crippen molar-refractivity contribution in [2.24, 2.45) is 0 Å². The molecule has 2 aromatic rings. The second-order valence-electron chi connectivity index (χ2n) is 5.83. The Balaban J connectivity index is 1.89. The van der Waals surface area contributed by atoms with Crippen LogP contribution in [0.25, 0.3) is 0 Å². The van der Waals surface area contributed by atoms with Crippen LogP contribution in [0.1, 0.15) is 48.0 Å². The van der Waals surface area contributed by atoms with Gasteiger partial charge in [0.05, 0.1) is 12.7 Å². The number of carbonyl (C=O) groups is 2. The van der Waals surface area contributed by atoms with Gasteiger partial charge in [-0.15, -0.1) is 0 Å². The molecule has 3 heterocycles. The quantitative estimate of drug-likeness (QED) is 0.817. The van der Waals surface area contributed by atoms with Crippen molar-refractivity contribution in [3.05, 3.63) is 36.0 Å². The number of rotatable bonds is 3. The Kier molecular flexibility index (Phi) is 5.01. The molecule has 1 saturated heterocycles. The normalized spacial score (nSPS) is 18.1. The molecule has 25 heavy (non-hydrogen) atoms. The van der Waals surface area contributed by atoms with Gasteiger partial charge in [0.25, 0.3) is 11.8 Å². The Morgan fingerprint density at radius 2 is 2.16 bits per heavy atom. The van der Waals surface area contributed by atoms with Crippen molar-refractivity contribution in [2.75, 3.05) is 19.6 Å². The summed E-state index contributed by atoms with van der Waals surface area (Å²) in [6.45, 7) is 4.86. The van der Waals surface area contributed by atoms with Crippen molar-refractivity contribution >= 4 is 11.8 Å². The molecule has 1 fully saturated rings. The van der Waals surface area contributed by atoms with Crippen LogP contribution in [0.3, 0.4) is 0 Å². The molecule has 0 saturated carbocycles. The van der Waals surface area contributed by atoms with Crippen molar-refractivity contribution in [3.63, 3.8) is 0 Å². The molecule has 3 rings (SSSR count).